The van der Waals surface area contributed by atoms with Gasteiger partial charge in [-0.15, -0.1) is 0 Å². The molecule has 0 spiro atoms. The lowest BCUT2D eigenvalue weighted by molar-refractivity contribution is -0.218. The molecule has 6 saturated carbocycles. The molecule has 35 heavy (non-hydrogen) atoms. The molecule has 1 heterocycles. The second-order valence-electron chi connectivity index (χ2n) is 11.9. The van der Waals surface area contributed by atoms with Gasteiger partial charge >= 0.3 is 23.9 Å². The molecule has 6 atom stereocenters. The van der Waals surface area contributed by atoms with Crippen molar-refractivity contribution in [2.24, 2.45) is 47.3 Å². The molecule has 8 heteroatoms. The number of esters is 4. The van der Waals surface area contributed by atoms with Crippen LogP contribution in [-0.4, -0.2) is 48.3 Å². The van der Waals surface area contributed by atoms with Crippen LogP contribution < -0.4 is 0 Å². The SMILES string of the molecule is C=C(C)C(=O)OCC(=O)OC1C2CC3C1OC(=O)C3C2C(=O)OC1(CC)C2CC3CC(C2)CC1C3. The standard InChI is InChI=1S/C27H34O8/c1-4-27(15-6-13-5-14(8-15)9-16(27)7-13)35-26(31)21-18-10-17-20(21)25(30)34-23(17)22(18)33-19(28)11-32-24(29)12(2)3/h13-18,20-23H,2,4-11H2,1,3H3. The van der Waals surface area contributed by atoms with Gasteiger partial charge in [0, 0.05) is 17.4 Å². The van der Waals surface area contributed by atoms with Crippen LogP contribution in [-0.2, 0) is 38.1 Å². The van der Waals surface area contributed by atoms with E-state index in [1.165, 1.54) is 13.3 Å². The Morgan fingerprint density at radius 3 is 2.29 bits per heavy atom. The first-order chi connectivity index (χ1) is 16.7. The lowest BCUT2D eigenvalue weighted by atomic mass is 9.49. The monoisotopic (exact) mass is 486 g/mol. The minimum Gasteiger partial charge on any atom is -0.458 e. The van der Waals surface area contributed by atoms with E-state index in [0.29, 0.717) is 18.3 Å². The largest absolute Gasteiger partial charge is 0.458 e. The summed E-state index contributed by atoms with van der Waals surface area (Å²) in [4.78, 5) is 50.6. The third-order valence-electron chi connectivity index (χ3n) is 10.1. The van der Waals surface area contributed by atoms with Crippen molar-refractivity contribution >= 4 is 23.9 Å². The van der Waals surface area contributed by atoms with Crippen molar-refractivity contribution in [3.63, 3.8) is 0 Å². The highest BCUT2D eigenvalue weighted by atomic mass is 16.6. The van der Waals surface area contributed by atoms with Crippen molar-refractivity contribution < 1.29 is 38.1 Å². The lowest BCUT2D eigenvalue weighted by Gasteiger charge is -2.60. The van der Waals surface area contributed by atoms with E-state index in [-0.39, 0.29) is 23.4 Å². The Labute approximate surface area is 205 Å². The number of hydrogen-bond acceptors (Lipinski definition) is 8. The van der Waals surface area contributed by atoms with Crippen LogP contribution in [0.1, 0.15) is 58.8 Å². The van der Waals surface area contributed by atoms with Gasteiger partial charge in [0.1, 0.15) is 17.8 Å². The smallest absolute Gasteiger partial charge is 0.344 e. The minimum absolute atomic E-state index is 0.156. The Morgan fingerprint density at radius 2 is 1.69 bits per heavy atom. The highest BCUT2D eigenvalue weighted by Crippen LogP contribution is 2.63. The second-order valence-corrected chi connectivity index (χ2v) is 11.9. The van der Waals surface area contributed by atoms with Gasteiger partial charge < -0.3 is 18.9 Å². The van der Waals surface area contributed by atoms with Gasteiger partial charge in [0.05, 0.1) is 11.8 Å². The fourth-order valence-corrected chi connectivity index (χ4v) is 8.96. The number of fused-ring (bicyclic) bond motifs is 1. The molecule has 7 rings (SSSR count). The van der Waals surface area contributed by atoms with Gasteiger partial charge in [0.15, 0.2) is 6.61 Å². The summed E-state index contributed by atoms with van der Waals surface area (Å²) in [6.07, 6.45) is 5.92. The Hall–Kier alpha value is -2.38. The van der Waals surface area contributed by atoms with Crippen molar-refractivity contribution in [3.05, 3.63) is 12.2 Å². The summed E-state index contributed by atoms with van der Waals surface area (Å²) in [5.74, 6) is -1.51. The van der Waals surface area contributed by atoms with Gasteiger partial charge in [-0.05, 0) is 75.5 Å². The van der Waals surface area contributed by atoms with Crippen molar-refractivity contribution in [1.82, 2.24) is 0 Å². The van der Waals surface area contributed by atoms with E-state index in [9.17, 15) is 19.2 Å². The molecule has 0 aromatic carbocycles. The summed E-state index contributed by atoms with van der Waals surface area (Å²) in [6, 6.07) is 0. The fraction of sp³-hybridized carbons (Fsp3) is 0.778. The molecule has 0 aromatic rings. The van der Waals surface area contributed by atoms with Crippen LogP contribution in [0.5, 0.6) is 0 Å². The second kappa shape index (κ2) is 8.07. The van der Waals surface area contributed by atoms with Crippen LogP contribution in [0, 0.1) is 47.3 Å². The van der Waals surface area contributed by atoms with E-state index in [0.717, 1.165) is 43.9 Å². The van der Waals surface area contributed by atoms with Crippen LogP contribution in [0.15, 0.2) is 12.2 Å². The predicted molar refractivity (Wildman–Crippen MR) is 120 cm³/mol. The fourth-order valence-electron chi connectivity index (χ4n) is 8.96. The Balaban J connectivity index is 1.19. The van der Waals surface area contributed by atoms with Crippen LogP contribution in [0.2, 0.25) is 0 Å². The normalized spacial score (nSPS) is 45.8. The molecule has 0 amide bonds. The first kappa shape index (κ1) is 23.0. The van der Waals surface area contributed by atoms with Crippen molar-refractivity contribution in [3.8, 4) is 0 Å². The minimum atomic E-state index is -0.729. The quantitative estimate of drug-likeness (QED) is 0.307. The molecule has 190 valence electrons. The van der Waals surface area contributed by atoms with Gasteiger partial charge in [0.25, 0.3) is 0 Å². The molecule has 1 aliphatic heterocycles. The summed E-state index contributed by atoms with van der Waals surface area (Å²) < 4.78 is 22.6. The molecule has 0 N–H and O–H groups in total. The molecule has 6 aliphatic carbocycles. The van der Waals surface area contributed by atoms with E-state index in [1.54, 1.807) is 0 Å². The van der Waals surface area contributed by atoms with Gasteiger partial charge in [-0.25, -0.2) is 9.59 Å². The van der Waals surface area contributed by atoms with E-state index in [1.807, 2.05) is 0 Å². The van der Waals surface area contributed by atoms with Crippen molar-refractivity contribution in [2.75, 3.05) is 6.61 Å². The van der Waals surface area contributed by atoms with Gasteiger partial charge in [-0.2, -0.15) is 0 Å². The first-order valence-electron chi connectivity index (χ1n) is 13.2. The summed E-state index contributed by atoms with van der Waals surface area (Å²) >= 11 is 0. The molecular formula is C27H34O8. The average Bonchev–Trinajstić information content (AvgIpc) is 3.43. The number of hydrogen-bond donors (Lipinski definition) is 0. The number of carbonyl (C=O) groups excluding carboxylic acids is 4. The topological polar surface area (TPSA) is 105 Å². The Kier molecular flexibility index (Phi) is 5.31. The van der Waals surface area contributed by atoms with Crippen LogP contribution >= 0.6 is 0 Å². The van der Waals surface area contributed by atoms with E-state index >= 15 is 0 Å². The van der Waals surface area contributed by atoms with Gasteiger partial charge in [-0.3, -0.25) is 9.59 Å². The van der Waals surface area contributed by atoms with Gasteiger partial charge in [-0.1, -0.05) is 13.5 Å². The third kappa shape index (κ3) is 3.38. The zero-order valence-corrected chi connectivity index (χ0v) is 20.4. The Morgan fingerprint density at radius 1 is 1.03 bits per heavy atom. The summed E-state index contributed by atoms with van der Waals surface area (Å²) in [5, 5.41) is 0. The van der Waals surface area contributed by atoms with Crippen molar-refractivity contribution in [1.29, 1.82) is 0 Å². The van der Waals surface area contributed by atoms with E-state index in [2.05, 4.69) is 13.5 Å². The summed E-state index contributed by atoms with van der Waals surface area (Å²) in [5.41, 5.74) is -0.264. The number of carbonyl (C=O) groups is 4. The molecule has 0 aromatic heterocycles. The molecule has 6 bridgehead atoms. The highest BCUT2D eigenvalue weighted by molar-refractivity contribution is 5.89. The molecular weight excluding hydrogens is 452 g/mol. The Bertz CT molecular complexity index is 956. The third-order valence-corrected chi connectivity index (χ3v) is 10.1. The molecule has 7 aliphatic rings. The maximum absolute atomic E-state index is 13.8. The molecule has 1 saturated heterocycles. The summed E-state index contributed by atoms with van der Waals surface area (Å²) in [6.45, 7) is 6.54. The molecule has 0 radical (unpaired) electrons. The maximum atomic E-state index is 13.8. The zero-order valence-electron chi connectivity index (χ0n) is 20.4. The zero-order chi connectivity index (χ0) is 24.6. The van der Waals surface area contributed by atoms with Crippen LogP contribution in [0.25, 0.3) is 0 Å². The predicted octanol–water partition coefficient (Wildman–Crippen LogP) is 2.97. The lowest BCUT2D eigenvalue weighted by Crippen LogP contribution is -2.60. The maximum Gasteiger partial charge on any atom is 0.344 e. The van der Waals surface area contributed by atoms with E-state index < -0.39 is 54.2 Å². The first-order valence-corrected chi connectivity index (χ1v) is 13.2. The van der Waals surface area contributed by atoms with Gasteiger partial charge in [0.2, 0.25) is 0 Å². The number of rotatable bonds is 7. The summed E-state index contributed by atoms with van der Waals surface area (Å²) in [7, 11) is 0. The molecule has 6 unspecified atom stereocenters. The number of ether oxygens (including phenoxy) is 4. The molecule has 8 nitrogen and oxygen atoms in total. The van der Waals surface area contributed by atoms with Crippen LogP contribution in [0.3, 0.4) is 0 Å². The van der Waals surface area contributed by atoms with E-state index in [4.69, 9.17) is 18.9 Å². The van der Waals surface area contributed by atoms with Crippen LogP contribution in [0.4, 0.5) is 0 Å². The molecule has 7 fully saturated rings. The highest BCUT2D eigenvalue weighted by Gasteiger charge is 2.71. The van der Waals surface area contributed by atoms with Crippen molar-refractivity contribution in [2.45, 2.75) is 76.6 Å². The average molecular weight is 487 g/mol.